The molecule has 0 aliphatic rings. The van der Waals surface area contributed by atoms with Gasteiger partial charge in [0.05, 0.1) is 0 Å². The highest BCUT2D eigenvalue weighted by molar-refractivity contribution is 5.50. The van der Waals surface area contributed by atoms with E-state index < -0.39 is 0 Å². The number of hydrogen-bond acceptors (Lipinski definition) is 2. The predicted octanol–water partition coefficient (Wildman–Crippen LogP) is 2.98. The van der Waals surface area contributed by atoms with E-state index in [1.165, 1.54) is 57.8 Å². The Labute approximate surface area is 119 Å². The Morgan fingerprint density at radius 3 is 1.68 bits per heavy atom. The van der Waals surface area contributed by atoms with Crippen LogP contribution in [-0.4, -0.2) is 47.3 Å². The lowest BCUT2D eigenvalue weighted by molar-refractivity contribution is -0.528. The standard InChI is InChI=1S/C16H34NO2/c1-2-3-4-5-6-7-8-9-10-11-12-17(13-15-18)14-16-19/h12,18-19H,2-11,13-16H2,1H3/q+1. The first-order valence-electron chi connectivity index (χ1n) is 8.14. The largest absolute Gasteiger partial charge is 0.390 e. The molecule has 0 saturated heterocycles. The van der Waals surface area contributed by atoms with Crippen molar-refractivity contribution in [2.24, 2.45) is 0 Å². The maximum absolute atomic E-state index is 8.88. The van der Waals surface area contributed by atoms with Crippen molar-refractivity contribution in [3.63, 3.8) is 0 Å². The minimum absolute atomic E-state index is 0.161. The van der Waals surface area contributed by atoms with Crippen LogP contribution >= 0.6 is 0 Å². The SMILES string of the molecule is CCCCCCCCCCCC=[N+](CCO)CCO. The summed E-state index contributed by atoms with van der Waals surface area (Å²) in [6.45, 7) is 3.85. The minimum atomic E-state index is 0.161. The van der Waals surface area contributed by atoms with E-state index in [0.717, 1.165) is 6.42 Å². The van der Waals surface area contributed by atoms with Crippen molar-refractivity contribution in [1.29, 1.82) is 0 Å². The number of aliphatic hydroxyl groups excluding tert-OH is 2. The molecule has 0 saturated carbocycles. The lowest BCUT2D eigenvalue weighted by Crippen LogP contribution is -2.21. The van der Waals surface area contributed by atoms with Gasteiger partial charge < -0.3 is 10.2 Å². The number of aliphatic hydroxyl groups is 2. The molecule has 0 atom stereocenters. The van der Waals surface area contributed by atoms with Gasteiger partial charge in [-0.15, -0.1) is 0 Å². The minimum Gasteiger partial charge on any atom is -0.390 e. The summed E-state index contributed by atoms with van der Waals surface area (Å²) in [6, 6.07) is 0. The predicted molar refractivity (Wildman–Crippen MR) is 82.1 cm³/mol. The summed E-state index contributed by atoms with van der Waals surface area (Å²) in [5.74, 6) is 0. The fraction of sp³-hybridized carbons (Fsp3) is 0.938. The second-order valence-corrected chi connectivity index (χ2v) is 5.28. The monoisotopic (exact) mass is 272 g/mol. The molecule has 0 aromatic rings. The van der Waals surface area contributed by atoms with Gasteiger partial charge in [0.1, 0.15) is 19.4 Å². The Kier molecular flexibility index (Phi) is 15.3. The molecule has 19 heavy (non-hydrogen) atoms. The first-order valence-corrected chi connectivity index (χ1v) is 8.14. The highest BCUT2D eigenvalue weighted by Crippen LogP contribution is 2.09. The smallest absolute Gasteiger partial charge is 0.165 e. The fourth-order valence-electron chi connectivity index (χ4n) is 2.28. The van der Waals surface area contributed by atoms with Gasteiger partial charge in [0.25, 0.3) is 0 Å². The second kappa shape index (κ2) is 15.6. The summed E-state index contributed by atoms with van der Waals surface area (Å²) in [5, 5.41) is 17.8. The number of rotatable bonds is 14. The Bertz CT molecular complexity index is 197. The molecule has 0 rings (SSSR count). The quantitative estimate of drug-likeness (QED) is 0.290. The molecule has 0 aliphatic carbocycles. The van der Waals surface area contributed by atoms with Gasteiger partial charge in [-0.25, -0.2) is 4.58 Å². The maximum Gasteiger partial charge on any atom is 0.165 e. The summed E-state index contributed by atoms with van der Waals surface area (Å²) in [7, 11) is 0. The molecule has 0 aromatic carbocycles. The molecule has 0 bridgehead atoms. The van der Waals surface area contributed by atoms with E-state index in [1.54, 1.807) is 0 Å². The zero-order valence-electron chi connectivity index (χ0n) is 12.8. The summed E-state index contributed by atoms with van der Waals surface area (Å²) in [4.78, 5) is 0. The first kappa shape index (κ1) is 18.6. The van der Waals surface area contributed by atoms with Crippen LogP contribution in [0.5, 0.6) is 0 Å². The topological polar surface area (TPSA) is 43.5 Å². The number of hydrogen-bond donors (Lipinski definition) is 2. The Morgan fingerprint density at radius 2 is 1.21 bits per heavy atom. The highest BCUT2D eigenvalue weighted by Gasteiger charge is 2.01. The van der Waals surface area contributed by atoms with E-state index in [0.29, 0.717) is 13.1 Å². The zero-order chi connectivity index (χ0) is 14.2. The Hall–Kier alpha value is -0.410. The summed E-state index contributed by atoms with van der Waals surface area (Å²) < 4.78 is 2.02. The molecule has 3 heteroatoms. The van der Waals surface area contributed by atoms with Crippen molar-refractivity contribution < 1.29 is 14.8 Å². The van der Waals surface area contributed by atoms with E-state index in [-0.39, 0.29) is 13.2 Å². The third-order valence-corrected chi connectivity index (χ3v) is 3.47. The normalized spacial score (nSPS) is 10.7. The highest BCUT2D eigenvalue weighted by atomic mass is 16.3. The summed E-state index contributed by atoms with van der Waals surface area (Å²) in [5.41, 5.74) is 0. The third kappa shape index (κ3) is 13.8. The first-order chi connectivity index (χ1) is 9.35. The molecule has 0 fully saturated rings. The van der Waals surface area contributed by atoms with E-state index in [1.807, 2.05) is 4.58 Å². The molecule has 0 radical (unpaired) electrons. The molecule has 3 nitrogen and oxygen atoms in total. The summed E-state index contributed by atoms with van der Waals surface area (Å²) in [6.07, 6.45) is 15.4. The van der Waals surface area contributed by atoms with E-state index in [2.05, 4.69) is 13.1 Å². The summed E-state index contributed by atoms with van der Waals surface area (Å²) >= 11 is 0. The van der Waals surface area contributed by atoms with Crippen molar-refractivity contribution in [2.75, 3.05) is 26.3 Å². The maximum atomic E-state index is 8.88. The molecule has 0 heterocycles. The molecule has 114 valence electrons. The molecular weight excluding hydrogens is 238 g/mol. The van der Waals surface area contributed by atoms with Crippen LogP contribution in [0.1, 0.15) is 71.1 Å². The van der Waals surface area contributed by atoms with Gasteiger partial charge in [-0.3, -0.25) is 0 Å². The average Bonchev–Trinajstić information content (AvgIpc) is 2.41. The molecule has 0 spiro atoms. The van der Waals surface area contributed by atoms with Gasteiger partial charge in [-0.2, -0.15) is 0 Å². The Balaban J connectivity index is 3.34. The number of unbranched alkanes of at least 4 members (excludes halogenated alkanes) is 9. The van der Waals surface area contributed by atoms with E-state index in [9.17, 15) is 0 Å². The van der Waals surface area contributed by atoms with Gasteiger partial charge in [0, 0.05) is 6.42 Å². The molecule has 0 aliphatic heterocycles. The van der Waals surface area contributed by atoms with Crippen LogP contribution in [0.25, 0.3) is 0 Å². The van der Waals surface area contributed by atoms with Crippen LogP contribution in [0.3, 0.4) is 0 Å². The number of nitrogens with zero attached hydrogens (tertiary/aromatic N) is 1. The van der Waals surface area contributed by atoms with E-state index in [4.69, 9.17) is 10.2 Å². The molecule has 0 amide bonds. The van der Waals surface area contributed by atoms with Crippen LogP contribution in [0.4, 0.5) is 0 Å². The van der Waals surface area contributed by atoms with Crippen molar-refractivity contribution >= 4 is 6.21 Å². The van der Waals surface area contributed by atoms with Crippen LogP contribution in [0.15, 0.2) is 0 Å². The van der Waals surface area contributed by atoms with Gasteiger partial charge in [-0.1, -0.05) is 58.3 Å². The molecule has 2 N–H and O–H groups in total. The average molecular weight is 272 g/mol. The van der Waals surface area contributed by atoms with Gasteiger partial charge >= 0.3 is 0 Å². The fourth-order valence-corrected chi connectivity index (χ4v) is 2.28. The van der Waals surface area contributed by atoms with Crippen LogP contribution in [0, 0.1) is 0 Å². The van der Waals surface area contributed by atoms with Crippen LogP contribution in [-0.2, 0) is 0 Å². The van der Waals surface area contributed by atoms with Crippen LogP contribution in [0.2, 0.25) is 0 Å². The Morgan fingerprint density at radius 1 is 0.737 bits per heavy atom. The van der Waals surface area contributed by atoms with Gasteiger partial charge in [0.15, 0.2) is 13.1 Å². The van der Waals surface area contributed by atoms with Crippen molar-refractivity contribution in [3.05, 3.63) is 0 Å². The van der Waals surface area contributed by atoms with Crippen molar-refractivity contribution in [1.82, 2.24) is 0 Å². The second-order valence-electron chi connectivity index (χ2n) is 5.28. The third-order valence-electron chi connectivity index (χ3n) is 3.47. The molecule has 0 aromatic heterocycles. The van der Waals surface area contributed by atoms with E-state index >= 15 is 0 Å². The molecule has 0 unspecified atom stereocenters. The van der Waals surface area contributed by atoms with Crippen molar-refractivity contribution in [2.45, 2.75) is 71.1 Å². The van der Waals surface area contributed by atoms with Gasteiger partial charge in [-0.05, 0) is 6.42 Å². The van der Waals surface area contributed by atoms with Crippen LogP contribution < -0.4 is 0 Å². The lowest BCUT2D eigenvalue weighted by Gasteiger charge is -2.01. The van der Waals surface area contributed by atoms with Crippen molar-refractivity contribution in [3.8, 4) is 0 Å². The lowest BCUT2D eigenvalue weighted by atomic mass is 10.1. The zero-order valence-corrected chi connectivity index (χ0v) is 12.8. The molecular formula is C16H34NO2+. The van der Waals surface area contributed by atoms with Gasteiger partial charge in [0.2, 0.25) is 0 Å².